The summed E-state index contributed by atoms with van der Waals surface area (Å²) in [6, 6.07) is 13.1. The Bertz CT molecular complexity index is 836. The van der Waals surface area contributed by atoms with Gasteiger partial charge in [0, 0.05) is 22.3 Å². The number of ketones is 1. The van der Waals surface area contributed by atoms with E-state index in [0.717, 1.165) is 16.5 Å². The van der Waals surface area contributed by atoms with Crippen LogP contribution in [0.3, 0.4) is 0 Å². The van der Waals surface area contributed by atoms with Gasteiger partial charge < -0.3 is 4.57 Å². The van der Waals surface area contributed by atoms with E-state index in [2.05, 4.69) is 18.2 Å². The highest BCUT2D eigenvalue weighted by Crippen LogP contribution is 2.23. The Morgan fingerprint density at radius 3 is 2.71 bits per heavy atom. The molecule has 0 saturated carbocycles. The molecule has 0 aliphatic rings. The molecule has 3 rings (SSSR count). The fraction of sp³-hybridized carbons (Fsp3) is 0.118. The Morgan fingerprint density at radius 2 is 1.90 bits per heavy atom. The molecule has 4 heteroatoms. The average Bonchev–Trinajstić information content (AvgIpc) is 2.84. The number of aryl methyl sites for hydroxylation is 1. The van der Waals surface area contributed by atoms with Gasteiger partial charge in [0.1, 0.15) is 0 Å². The number of aromatic nitrogens is 1. The summed E-state index contributed by atoms with van der Waals surface area (Å²) in [6.45, 7) is 2.28. The van der Waals surface area contributed by atoms with Gasteiger partial charge in [-0.15, -0.1) is 0 Å². The second-order valence-electron chi connectivity index (χ2n) is 5.05. The van der Waals surface area contributed by atoms with Crippen LogP contribution < -0.4 is 0 Å². The van der Waals surface area contributed by atoms with Crippen LogP contribution in [0.25, 0.3) is 10.9 Å². The highest BCUT2D eigenvalue weighted by molar-refractivity contribution is 6.35. The molecule has 0 amide bonds. The second kappa shape index (κ2) is 5.55. The molecule has 2 nitrogen and oxygen atoms in total. The van der Waals surface area contributed by atoms with Crippen LogP contribution in [0.2, 0.25) is 10.0 Å². The molecular formula is C17H13Cl2NO. The average molecular weight is 318 g/mol. The van der Waals surface area contributed by atoms with Crippen LogP contribution in [0.5, 0.6) is 0 Å². The van der Waals surface area contributed by atoms with E-state index < -0.39 is 0 Å². The molecule has 0 radical (unpaired) electrons. The standard InChI is InChI=1S/C17H13Cl2NO/c1-11-2-3-12-6-7-20(16(12)8-11)10-17(21)14-9-13(18)4-5-15(14)19/h2-9H,10H2,1H3. The van der Waals surface area contributed by atoms with Gasteiger partial charge in [0.15, 0.2) is 5.78 Å². The second-order valence-corrected chi connectivity index (χ2v) is 5.90. The third-order valence-corrected chi connectivity index (χ3v) is 4.04. The first-order valence-electron chi connectivity index (χ1n) is 6.58. The molecule has 0 aliphatic carbocycles. The van der Waals surface area contributed by atoms with Crippen molar-refractivity contribution in [2.75, 3.05) is 0 Å². The number of nitrogens with zero attached hydrogens (tertiary/aromatic N) is 1. The molecule has 106 valence electrons. The lowest BCUT2D eigenvalue weighted by atomic mass is 10.1. The van der Waals surface area contributed by atoms with Crippen molar-refractivity contribution in [3.63, 3.8) is 0 Å². The number of benzene rings is 2. The number of Topliss-reactive ketones (excluding diaryl/α,β-unsaturated/α-hetero) is 1. The first-order chi connectivity index (χ1) is 10.0. The monoisotopic (exact) mass is 317 g/mol. The lowest BCUT2D eigenvalue weighted by molar-refractivity contribution is 0.0974. The normalized spacial score (nSPS) is 11.0. The van der Waals surface area contributed by atoms with Crippen molar-refractivity contribution in [1.29, 1.82) is 0 Å². The number of carbonyl (C=O) groups is 1. The number of fused-ring (bicyclic) bond motifs is 1. The van der Waals surface area contributed by atoms with E-state index >= 15 is 0 Å². The summed E-state index contributed by atoms with van der Waals surface area (Å²) in [4.78, 5) is 12.4. The minimum Gasteiger partial charge on any atom is -0.340 e. The van der Waals surface area contributed by atoms with Gasteiger partial charge in [0.2, 0.25) is 0 Å². The van der Waals surface area contributed by atoms with Crippen molar-refractivity contribution in [3.05, 3.63) is 69.8 Å². The van der Waals surface area contributed by atoms with E-state index in [1.165, 1.54) is 0 Å². The highest BCUT2D eigenvalue weighted by Gasteiger charge is 2.13. The van der Waals surface area contributed by atoms with Gasteiger partial charge in [0.05, 0.1) is 11.6 Å². The van der Waals surface area contributed by atoms with Gasteiger partial charge in [0.25, 0.3) is 0 Å². The summed E-state index contributed by atoms with van der Waals surface area (Å²) in [7, 11) is 0. The summed E-state index contributed by atoms with van der Waals surface area (Å²) < 4.78 is 1.93. The molecular weight excluding hydrogens is 305 g/mol. The molecule has 0 unspecified atom stereocenters. The van der Waals surface area contributed by atoms with Gasteiger partial charge in [-0.05, 0) is 48.2 Å². The predicted molar refractivity (Wildman–Crippen MR) is 87.5 cm³/mol. The molecule has 0 aliphatic heterocycles. The maximum absolute atomic E-state index is 12.4. The van der Waals surface area contributed by atoms with Crippen molar-refractivity contribution >= 4 is 39.9 Å². The maximum Gasteiger partial charge on any atom is 0.184 e. The SMILES string of the molecule is Cc1ccc2ccn(CC(=O)c3cc(Cl)ccc3Cl)c2c1. The number of hydrogen-bond donors (Lipinski definition) is 0. The highest BCUT2D eigenvalue weighted by atomic mass is 35.5. The summed E-state index contributed by atoms with van der Waals surface area (Å²) in [5, 5.41) is 2.05. The molecule has 0 saturated heterocycles. The van der Waals surface area contributed by atoms with Crippen LogP contribution in [0.15, 0.2) is 48.7 Å². The van der Waals surface area contributed by atoms with Gasteiger partial charge in [-0.1, -0.05) is 35.3 Å². The minimum absolute atomic E-state index is 0.0542. The van der Waals surface area contributed by atoms with Crippen LogP contribution in [0, 0.1) is 6.92 Å². The van der Waals surface area contributed by atoms with Crippen LogP contribution in [-0.2, 0) is 6.54 Å². The topological polar surface area (TPSA) is 22.0 Å². The van der Waals surface area contributed by atoms with E-state index in [0.29, 0.717) is 15.6 Å². The molecule has 3 aromatic rings. The summed E-state index contributed by atoms with van der Waals surface area (Å²) >= 11 is 12.0. The van der Waals surface area contributed by atoms with Crippen molar-refractivity contribution < 1.29 is 4.79 Å². The van der Waals surface area contributed by atoms with Gasteiger partial charge in [-0.2, -0.15) is 0 Å². The Labute approximate surface area is 132 Å². The molecule has 2 aromatic carbocycles. The molecule has 0 atom stereocenters. The molecule has 0 fully saturated rings. The summed E-state index contributed by atoms with van der Waals surface area (Å²) in [6.07, 6.45) is 1.92. The van der Waals surface area contributed by atoms with E-state index in [9.17, 15) is 4.79 Å². The van der Waals surface area contributed by atoms with Crippen LogP contribution in [-0.4, -0.2) is 10.4 Å². The largest absolute Gasteiger partial charge is 0.340 e. The van der Waals surface area contributed by atoms with E-state index in [4.69, 9.17) is 23.2 Å². The Morgan fingerprint density at radius 1 is 1.10 bits per heavy atom. The first-order valence-corrected chi connectivity index (χ1v) is 7.34. The summed E-state index contributed by atoms with van der Waals surface area (Å²) in [5.41, 5.74) is 2.66. The van der Waals surface area contributed by atoms with Crippen LogP contribution >= 0.6 is 23.2 Å². The number of carbonyl (C=O) groups excluding carboxylic acids is 1. The fourth-order valence-electron chi connectivity index (χ4n) is 2.38. The van der Waals surface area contributed by atoms with Crippen LogP contribution in [0.4, 0.5) is 0 Å². The fourth-order valence-corrected chi connectivity index (χ4v) is 2.78. The van der Waals surface area contributed by atoms with Crippen molar-refractivity contribution in [1.82, 2.24) is 4.57 Å². The van der Waals surface area contributed by atoms with E-state index in [1.807, 2.05) is 23.8 Å². The minimum atomic E-state index is -0.0542. The van der Waals surface area contributed by atoms with Gasteiger partial charge in [-0.25, -0.2) is 0 Å². The van der Waals surface area contributed by atoms with Gasteiger partial charge in [-0.3, -0.25) is 4.79 Å². The molecule has 21 heavy (non-hydrogen) atoms. The smallest absolute Gasteiger partial charge is 0.184 e. The summed E-state index contributed by atoms with van der Waals surface area (Å²) in [5.74, 6) is -0.0542. The third kappa shape index (κ3) is 2.82. The molecule has 1 aromatic heterocycles. The predicted octanol–water partition coefficient (Wildman–Crippen LogP) is 5.14. The van der Waals surface area contributed by atoms with Crippen molar-refractivity contribution in [3.8, 4) is 0 Å². The molecule has 0 N–H and O–H groups in total. The quantitative estimate of drug-likeness (QED) is 0.613. The lowest BCUT2D eigenvalue weighted by Crippen LogP contribution is -2.10. The molecule has 0 bridgehead atoms. The molecule has 0 spiro atoms. The zero-order valence-corrected chi connectivity index (χ0v) is 12.9. The zero-order chi connectivity index (χ0) is 15.0. The Hall–Kier alpha value is -1.77. The Balaban J connectivity index is 1.96. The third-order valence-electron chi connectivity index (χ3n) is 3.47. The van der Waals surface area contributed by atoms with Crippen molar-refractivity contribution in [2.45, 2.75) is 13.5 Å². The Kier molecular flexibility index (Phi) is 3.75. The molecule has 1 heterocycles. The van der Waals surface area contributed by atoms with E-state index in [-0.39, 0.29) is 12.3 Å². The number of rotatable bonds is 3. The number of halogens is 2. The van der Waals surface area contributed by atoms with Crippen molar-refractivity contribution in [2.24, 2.45) is 0 Å². The zero-order valence-electron chi connectivity index (χ0n) is 11.4. The maximum atomic E-state index is 12.4. The lowest BCUT2D eigenvalue weighted by Gasteiger charge is -2.07. The van der Waals surface area contributed by atoms with Crippen LogP contribution in [0.1, 0.15) is 15.9 Å². The first kappa shape index (κ1) is 14.2. The number of hydrogen-bond acceptors (Lipinski definition) is 1. The van der Waals surface area contributed by atoms with E-state index in [1.54, 1.807) is 18.2 Å². The van der Waals surface area contributed by atoms with Gasteiger partial charge >= 0.3 is 0 Å².